The smallest absolute Gasteiger partial charge is 0.188 e. The Morgan fingerprint density at radius 1 is 1.10 bits per heavy atom. The number of hydrogen-bond acceptors (Lipinski definition) is 4. The molecule has 3 rings (SSSR count). The zero-order valence-electron chi connectivity index (χ0n) is 17.4. The second-order valence-corrected chi connectivity index (χ2v) is 7.34. The van der Waals surface area contributed by atoms with Crippen LogP contribution < -0.4 is 20.5 Å². The predicted molar refractivity (Wildman–Crippen MR) is 118 cm³/mol. The Balaban J connectivity index is 1.45. The third-order valence-electron chi connectivity index (χ3n) is 5.37. The second-order valence-electron chi connectivity index (χ2n) is 7.34. The molecule has 1 aliphatic heterocycles. The van der Waals surface area contributed by atoms with Crippen LogP contribution in [0.1, 0.15) is 24.0 Å². The summed E-state index contributed by atoms with van der Waals surface area (Å²) in [4.78, 5) is 7.10. The predicted octanol–water partition coefficient (Wildman–Crippen LogP) is 2.82. The Labute approximate surface area is 173 Å². The minimum absolute atomic E-state index is 0.460. The summed E-state index contributed by atoms with van der Waals surface area (Å²) in [6.07, 6.45) is 3.23. The number of nitrogens with zero attached hydrogens (tertiary/aromatic N) is 2. The van der Waals surface area contributed by atoms with E-state index in [1.165, 1.54) is 18.4 Å². The summed E-state index contributed by atoms with van der Waals surface area (Å²) >= 11 is 0. The summed E-state index contributed by atoms with van der Waals surface area (Å²) in [7, 11) is 3.29. The van der Waals surface area contributed by atoms with E-state index in [0.29, 0.717) is 12.0 Å². The molecule has 1 atom stereocenters. The fourth-order valence-corrected chi connectivity index (χ4v) is 3.76. The lowest BCUT2D eigenvalue weighted by Crippen LogP contribution is -2.36. The van der Waals surface area contributed by atoms with Crippen molar-refractivity contribution in [3.05, 3.63) is 59.7 Å². The summed E-state index contributed by atoms with van der Waals surface area (Å²) in [5.41, 5.74) is 8.60. The van der Waals surface area contributed by atoms with E-state index in [9.17, 15) is 0 Å². The van der Waals surface area contributed by atoms with Gasteiger partial charge >= 0.3 is 0 Å². The van der Waals surface area contributed by atoms with E-state index in [-0.39, 0.29) is 0 Å². The molecule has 2 aromatic carbocycles. The third-order valence-corrected chi connectivity index (χ3v) is 5.37. The summed E-state index contributed by atoms with van der Waals surface area (Å²) < 4.78 is 10.6. The number of nitrogens with two attached hydrogens (primary N) is 1. The fraction of sp³-hybridized carbons (Fsp3) is 0.435. The monoisotopic (exact) mass is 396 g/mol. The van der Waals surface area contributed by atoms with Gasteiger partial charge in [-0.25, -0.2) is 0 Å². The van der Waals surface area contributed by atoms with Crippen LogP contribution in [0.4, 0.5) is 0 Å². The maximum Gasteiger partial charge on any atom is 0.188 e. The van der Waals surface area contributed by atoms with Gasteiger partial charge in [0.15, 0.2) is 17.5 Å². The van der Waals surface area contributed by atoms with Crippen LogP contribution in [0, 0.1) is 0 Å². The van der Waals surface area contributed by atoms with E-state index in [2.05, 4.69) is 45.5 Å². The molecule has 1 heterocycles. The number of hydrogen-bond donors (Lipinski definition) is 2. The van der Waals surface area contributed by atoms with Crippen molar-refractivity contribution in [2.75, 3.05) is 33.9 Å². The summed E-state index contributed by atoms with van der Waals surface area (Å²) in [6.45, 7) is 3.57. The molecular weight excluding hydrogens is 364 g/mol. The summed E-state index contributed by atoms with van der Waals surface area (Å²) in [5.74, 6) is 1.99. The molecule has 1 aliphatic rings. The molecule has 1 fully saturated rings. The van der Waals surface area contributed by atoms with Crippen molar-refractivity contribution in [1.82, 2.24) is 10.2 Å². The lowest BCUT2D eigenvalue weighted by molar-refractivity contribution is 0.250. The molecule has 156 valence electrons. The number of rotatable bonds is 9. The van der Waals surface area contributed by atoms with Crippen molar-refractivity contribution in [1.29, 1.82) is 0 Å². The molecule has 0 aliphatic carbocycles. The van der Waals surface area contributed by atoms with Crippen molar-refractivity contribution in [2.24, 2.45) is 10.7 Å². The number of guanidine groups is 1. The van der Waals surface area contributed by atoms with Crippen LogP contribution in [0.25, 0.3) is 0 Å². The van der Waals surface area contributed by atoms with Gasteiger partial charge in [-0.1, -0.05) is 36.4 Å². The first-order valence-electron chi connectivity index (χ1n) is 10.2. The van der Waals surface area contributed by atoms with E-state index >= 15 is 0 Å². The van der Waals surface area contributed by atoms with Gasteiger partial charge < -0.3 is 20.5 Å². The van der Waals surface area contributed by atoms with Gasteiger partial charge in [0, 0.05) is 19.1 Å². The van der Waals surface area contributed by atoms with Crippen LogP contribution in [0.5, 0.6) is 11.5 Å². The highest BCUT2D eigenvalue weighted by molar-refractivity contribution is 5.77. The molecule has 0 spiro atoms. The van der Waals surface area contributed by atoms with Crippen LogP contribution in [-0.4, -0.2) is 50.8 Å². The van der Waals surface area contributed by atoms with Gasteiger partial charge in [0.25, 0.3) is 0 Å². The van der Waals surface area contributed by atoms with E-state index in [4.69, 9.17) is 15.2 Å². The van der Waals surface area contributed by atoms with Crippen molar-refractivity contribution in [3.63, 3.8) is 0 Å². The maximum absolute atomic E-state index is 6.09. The van der Waals surface area contributed by atoms with Crippen molar-refractivity contribution in [2.45, 2.75) is 31.8 Å². The third kappa shape index (κ3) is 6.12. The molecule has 0 saturated carbocycles. The van der Waals surface area contributed by atoms with Crippen molar-refractivity contribution >= 4 is 5.96 Å². The van der Waals surface area contributed by atoms with Gasteiger partial charge in [0.2, 0.25) is 0 Å². The van der Waals surface area contributed by atoms with Crippen LogP contribution in [0.2, 0.25) is 0 Å². The fourth-order valence-electron chi connectivity index (χ4n) is 3.76. The van der Waals surface area contributed by atoms with E-state index in [1.54, 1.807) is 14.2 Å². The molecule has 0 bridgehead atoms. The molecule has 0 amide bonds. The maximum atomic E-state index is 6.09. The average Bonchev–Trinajstić information content (AvgIpc) is 3.19. The van der Waals surface area contributed by atoms with Gasteiger partial charge in [0.05, 0.1) is 20.8 Å². The van der Waals surface area contributed by atoms with E-state index < -0.39 is 0 Å². The normalized spacial score (nSPS) is 17.3. The number of benzene rings is 2. The van der Waals surface area contributed by atoms with Gasteiger partial charge in [-0.15, -0.1) is 0 Å². The Morgan fingerprint density at radius 3 is 2.66 bits per heavy atom. The van der Waals surface area contributed by atoms with E-state index in [1.807, 2.05) is 18.2 Å². The molecule has 1 saturated heterocycles. The van der Waals surface area contributed by atoms with Crippen molar-refractivity contribution in [3.8, 4) is 11.5 Å². The van der Waals surface area contributed by atoms with Gasteiger partial charge in [0.1, 0.15) is 0 Å². The van der Waals surface area contributed by atoms with Crippen LogP contribution in [0.15, 0.2) is 53.5 Å². The minimum Gasteiger partial charge on any atom is -0.493 e. The molecule has 0 radical (unpaired) electrons. The first kappa shape index (κ1) is 21.0. The zero-order valence-corrected chi connectivity index (χ0v) is 17.4. The van der Waals surface area contributed by atoms with Gasteiger partial charge in [-0.2, -0.15) is 0 Å². The van der Waals surface area contributed by atoms with Crippen molar-refractivity contribution < 1.29 is 9.47 Å². The topological polar surface area (TPSA) is 72.1 Å². The highest BCUT2D eigenvalue weighted by Crippen LogP contribution is 2.27. The molecule has 0 aromatic heterocycles. The highest BCUT2D eigenvalue weighted by Gasteiger charge is 2.24. The van der Waals surface area contributed by atoms with Crippen LogP contribution in [-0.2, 0) is 13.0 Å². The van der Waals surface area contributed by atoms with Gasteiger partial charge in [-0.3, -0.25) is 9.89 Å². The minimum atomic E-state index is 0.460. The van der Waals surface area contributed by atoms with Crippen LogP contribution >= 0.6 is 0 Å². The Hall–Kier alpha value is -2.73. The number of likely N-dealkylation sites (tertiary alicyclic amines) is 1. The van der Waals surface area contributed by atoms with Crippen LogP contribution in [0.3, 0.4) is 0 Å². The molecular formula is C23H32N4O2. The Kier molecular flexibility index (Phi) is 7.76. The Bertz CT molecular complexity index is 795. The lowest BCUT2D eigenvalue weighted by Gasteiger charge is -2.23. The lowest BCUT2D eigenvalue weighted by atomic mass is 10.1. The number of ether oxygens (including phenoxy) is 2. The number of methoxy groups -OCH3 is 2. The molecule has 2 aromatic rings. The zero-order chi connectivity index (χ0) is 20.5. The average molecular weight is 397 g/mol. The Morgan fingerprint density at radius 2 is 1.90 bits per heavy atom. The molecule has 1 unspecified atom stereocenters. The SMILES string of the molecule is COc1ccc(CCNC(N)=NCC2CCCN2Cc2ccccc2)cc1OC. The first-order chi connectivity index (χ1) is 14.2. The largest absolute Gasteiger partial charge is 0.493 e. The summed E-state index contributed by atoms with van der Waals surface area (Å²) in [6, 6.07) is 17.0. The molecule has 3 N–H and O–H groups in total. The molecule has 6 heteroatoms. The quantitative estimate of drug-likeness (QED) is 0.504. The first-order valence-corrected chi connectivity index (χ1v) is 10.2. The molecule has 6 nitrogen and oxygen atoms in total. The summed E-state index contributed by atoms with van der Waals surface area (Å²) in [5, 5.41) is 3.22. The standard InChI is InChI=1S/C23H32N4O2/c1-28-21-11-10-18(15-22(21)29-2)12-13-25-23(24)26-16-20-9-6-14-27(20)17-19-7-4-3-5-8-19/h3-5,7-8,10-11,15,20H,6,9,12-14,16-17H2,1-2H3,(H3,24,25,26). The highest BCUT2D eigenvalue weighted by atomic mass is 16.5. The second kappa shape index (κ2) is 10.7. The number of nitrogens with one attached hydrogen (secondary N) is 1. The molecule has 29 heavy (non-hydrogen) atoms. The number of aliphatic imine (C=N–C) groups is 1. The van der Waals surface area contributed by atoms with Gasteiger partial charge in [-0.05, 0) is 49.1 Å². The van der Waals surface area contributed by atoms with E-state index in [0.717, 1.165) is 49.7 Å².